The molecule has 1 aromatic rings. The van der Waals surface area contributed by atoms with Crippen LogP contribution in [0.15, 0.2) is 30.3 Å². The zero-order chi connectivity index (χ0) is 16.5. The van der Waals surface area contributed by atoms with E-state index in [-0.39, 0.29) is 5.91 Å². The topological polar surface area (TPSA) is 49.6 Å². The minimum Gasteiger partial charge on any atom is -0.339 e. The van der Waals surface area contributed by atoms with Gasteiger partial charge < -0.3 is 10.6 Å². The molecule has 0 radical (unpaired) electrons. The van der Waals surface area contributed by atoms with Crippen LogP contribution >= 0.6 is 0 Å². The van der Waals surface area contributed by atoms with Gasteiger partial charge in [0.2, 0.25) is 5.91 Å². The van der Waals surface area contributed by atoms with Crippen LogP contribution in [0.5, 0.6) is 0 Å². The van der Waals surface area contributed by atoms with Crippen LogP contribution in [0.4, 0.5) is 0 Å². The maximum Gasteiger partial charge on any atom is 0.236 e. The van der Waals surface area contributed by atoms with E-state index >= 15 is 0 Å². The van der Waals surface area contributed by atoms with Crippen LogP contribution in [0, 0.1) is 0 Å². The molecule has 1 aromatic carbocycles. The average Bonchev–Trinajstić information content (AvgIpc) is 2.60. The first-order chi connectivity index (χ1) is 11.2. The molecule has 1 heterocycles. The minimum atomic E-state index is 0.276. The van der Waals surface area contributed by atoms with E-state index in [9.17, 15) is 4.79 Å². The Kier molecular flexibility index (Phi) is 7.56. The molecule has 1 aliphatic heterocycles. The van der Waals surface area contributed by atoms with E-state index in [4.69, 9.17) is 5.73 Å². The van der Waals surface area contributed by atoms with Crippen LogP contribution in [0.25, 0.3) is 0 Å². The van der Waals surface area contributed by atoms with Crippen LogP contribution in [-0.2, 0) is 11.2 Å². The highest BCUT2D eigenvalue weighted by Gasteiger charge is 2.26. The van der Waals surface area contributed by atoms with Gasteiger partial charge in [-0.3, -0.25) is 9.69 Å². The number of carbonyl (C=O) groups excluding carboxylic acids is 1. The molecule has 1 saturated heterocycles. The molecule has 4 heteroatoms. The Labute approximate surface area is 140 Å². The molecule has 1 amide bonds. The second-order valence-corrected chi connectivity index (χ2v) is 6.45. The first-order valence-electron chi connectivity index (χ1n) is 9.00. The van der Waals surface area contributed by atoms with Gasteiger partial charge in [0.15, 0.2) is 0 Å². The normalized spacial score (nSPS) is 18.4. The Hall–Kier alpha value is -1.39. The summed E-state index contributed by atoms with van der Waals surface area (Å²) in [5.41, 5.74) is 7.05. The van der Waals surface area contributed by atoms with Gasteiger partial charge in [-0.15, -0.1) is 0 Å². The molecule has 1 unspecified atom stereocenters. The molecule has 1 aliphatic rings. The van der Waals surface area contributed by atoms with Crippen LogP contribution < -0.4 is 5.73 Å². The Morgan fingerprint density at radius 2 is 2.04 bits per heavy atom. The number of piperidine rings is 1. The Morgan fingerprint density at radius 1 is 1.26 bits per heavy atom. The van der Waals surface area contributed by atoms with E-state index in [1.807, 2.05) is 6.07 Å². The van der Waals surface area contributed by atoms with Crippen molar-refractivity contribution in [2.24, 2.45) is 5.73 Å². The Balaban J connectivity index is 1.88. The van der Waals surface area contributed by atoms with Crippen LogP contribution in [0.3, 0.4) is 0 Å². The first-order valence-corrected chi connectivity index (χ1v) is 9.00. The minimum absolute atomic E-state index is 0.276. The predicted molar refractivity (Wildman–Crippen MR) is 95.3 cm³/mol. The predicted octanol–water partition coefficient (Wildman–Crippen LogP) is 2.28. The van der Waals surface area contributed by atoms with Crippen molar-refractivity contribution in [3.05, 3.63) is 35.9 Å². The van der Waals surface area contributed by atoms with E-state index in [0.717, 1.165) is 45.3 Å². The zero-order valence-electron chi connectivity index (χ0n) is 14.4. The van der Waals surface area contributed by atoms with Crippen molar-refractivity contribution < 1.29 is 4.79 Å². The lowest BCUT2D eigenvalue weighted by molar-refractivity contribution is -0.136. The molecule has 23 heavy (non-hydrogen) atoms. The van der Waals surface area contributed by atoms with Gasteiger partial charge in [0, 0.05) is 32.2 Å². The highest BCUT2D eigenvalue weighted by atomic mass is 16.2. The number of likely N-dealkylation sites (tertiary alicyclic amines) is 1. The summed E-state index contributed by atoms with van der Waals surface area (Å²) in [5, 5.41) is 0. The number of hydrogen-bond donors (Lipinski definition) is 1. The van der Waals surface area contributed by atoms with Gasteiger partial charge in [0.1, 0.15) is 0 Å². The summed E-state index contributed by atoms with van der Waals surface area (Å²) in [6.45, 7) is 5.87. The SMILES string of the molecule is CCC1CCCCN1C(=O)CN(CCN)CCc1ccccc1. The number of amides is 1. The monoisotopic (exact) mass is 317 g/mol. The number of nitrogens with zero attached hydrogens (tertiary/aromatic N) is 2. The maximum absolute atomic E-state index is 12.7. The standard InChI is InChI=1S/C19H31N3O/c1-2-18-10-6-7-13-22(18)19(23)16-21(15-12-20)14-11-17-8-4-3-5-9-17/h3-5,8-9,18H,2,6-7,10-16,20H2,1H3. The fourth-order valence-electron chi connectivity index (χ4n) is 3.42. The van der Waals surface area contributed by atoms with E-state index in [1.165, 1.54) is 12.0 Å². The molecule has 0 spiro atoms. The first kappa shape index (κ1) is 18.0. The molecule has 1 fully saturated rings. The molecule has 1 atom stereocenters. The Bertz CT molecular complexity index is 463. The van der Waals surface area contributed by atoms with Gasteiger partial charge in [-0.05, 0) is 37.7 Å². The van der Waals surface area contributed by atoms with Crippen LogP contribution in [0.1, 0.15) is 38.2 Å². The third kappa shape index (κ3) is 5.63. The van der Waals surface area contributed by atoms with E-state index in [2.05, 4.69) is 41.0 Å². The van der Waals surface area contributed by atoms with Crippen molar-refractivity contribution >= 4 is 5.91 Å². The molecular weight excluding hydrogens is 286 g/mol. The maximum atomic E-state index is 12.7. The molecule has 0 aromatic heterocycles. The molecule has 4 nitrogen and oxygen atoms in total. The summed E-state index contributed by atoms with van der Waals surface area (Å²) in [5.74, 6) is 0.276. The van der Waals surface area contributed by atoms with Crippen molar-refractivity contribution in [2.45, 2.75) is 45.1 Å². The van der Waals surface area contributed by atoms with Crippen LogP contribution in [-0.4, -0.2) is 54.5 Å². The molecule has 128 valence electrons. The lowest BCUT2D eigenvalue weighted by Gasteiger charge is -2.36. The number of nitrogens with two attached hydrogens (primary N) is 1. The number of benzene rings is 1. The third-order valence-electron chi connectivity index (χ3n) is 4.78. The summed E-state index contributed by atoms with van der Waals surface area (Å²) in [6, 6.07) is 10.9. The van der Waals surface area contributed by atoms with E-state index < -0.39 is 0 Å². The lowest BCUT2D eigenvalue weighted by Crippen LogP contribution is -2.48. The fraction of sp³-hybridized carbons (Fsp3) is 0.632. The number of carbonyl (C=O) groups is 1. The van der Waals surface area contributed by atoms with Crippen molar-refractivity contribution in [1.29, 1.82) is 0 Å². The smallest absolute Gasteiger partial charge is 0.236 e. The summed E-state index contributed by atoms with van der Waals surface area (Å²) < 4.78 is 0. The fourth-order valence-corrected chi connectivity index (χ4v) is 3.42. The largest absolute Gasteiger partial charge is 0.339 e. The third-order valence-corrected chi connectivity index (χ3v) is 4.78. The van der Waals surface area contributed by atoms with Crippen molar-refractivity contribution in [3.63, 3.8) is 0 Å². The number of hydrogen-bond acceptors (Lipinski definition) is 3. The summed E-state index contributed by atoms with van der Waals surface area (Å²) >= 11 is 0. The molecule has 0 saturated carbocycles. The summed E-state index contributed by atoms with van der Waals surface area (Å²) in [6.07, 6.45) is 5.58. The molecule has 2 rings (SSSR count). The second-order valence-electron chi connectivity index (χ2n) is 6.45. The van der Waals surface area contributed by atoms with Crippen molar-refractivity contribution in [1.82, 2.24) is 9.80 Å². The summed E-state index contributed by atoms with van der Waals surface area (Å²) in [7, 11) is 0. The van der Waals surface area contributed by atoms with Crippen LogP contribution in [0.2, 0.25) is 0 Å². The zero-order valence-corrected chi connectivity index (χ0v) is 14.4. The van der Waals surface area contributed by atoms with Gasteiger partial charge >= 0.3 is 0 Å². The van der Waals surface area contributed by atoms with Gasteiger partial charge in [0.05, 0.1) is 6.54 Å². The van der Waals surface area contributed by atoms with Crippen molar-refractivity contribution in [3.8, 4) is 0 Å². The van der Waals surface area contributed by atoms with Gasteiger partial charge in [0.25, 0.3) is 0 Å². The highest BCUT2D eigenvalue weighted by Crippen LogP contribution is 2.19. The van der Waals surface area contributed by atoms with Crippen molar-refractivity contribution in [2.75, 3.05) is 32.7 Å². The molecular formula is C19H31N3O. The lowest BCUT2D eigenvalue weighted by atomic mass is 10.00. The Morgan fingerprint density at radius 3 is 2.74 bits per heavy atom. The molecule has 2 N–H and O–H groups in total. The molecule has 0 bridgehead atoms. The van der Waals surface area contributed by atoms with E-state index in [1.54, 1.807) is 0 Å². The van der Waals surface area contributed by atoms with E-state index in [0.29, 0.717) is 19.1 Å². The second kappa shape index (κ2) is 9.68. The average molecular weight is 317 g/mol. The summed E-state index contributed by atoms with van der Waals surface area (Å²) in [4.78, 5) is 17.0. The number of rotatable bonds is 8. The quantitative estimate of drug-likeness (QED) is 0.800. The van der Waals surface area contributed by atoms with Gasteiger partial charge in [-0.25, -0.2) is 0 Å². The molecule has 0 aliphatic carbocycles. The highest BCUT2D eigenvalue weighted by molar-refractivity contribution is 5.78. The van der Waals surface area contributed by atoms with Gasteiger partial charge in [-0.2, -0.15) is 0 Å². The van der Waals surface area contributed by atoms with Gasteiger partial charge in [-0.1, -0.05) is 37.3 Å².